The number of rotatable bonds is 1. The zero-order chi connectivity index (χ0) is 9.26. The molecular formula is C12H12N. The van der Waals surface area contributed by atoms with Gasteiger partial charge in [-0.1, -0.05) is 6.07 Å². The number of aromatic nitrogens is 1. The molecule has 1 radical (unpaired) electrons. The van der Waals surface area contributed by atoms with Crippen LogP contribution in [-0.2, 0) is 6.42 Å². The van der Waals surface area contributed by atoms with E-state index in [2.05, 4.69) is 37.0 Å². The third kappa shape index (κ3) is 1.42. The molecule has 0 spiro atoms. The van der Waals surface area contributed by atoms with Crippen molar-refractivity contribution in [2.75, 3.05) is 0 Å². The Kier molecular flexibility index (Phi) is 2.01. The lowest BCUT2D eigenvalue weighted by Gasteiger charge is -2.04. The minimum Gasteiger partial charge on any atom is -0.256 e. The maximum atomic E-state index is 4.30. The normalized spacial score (nSPS) is 10.6. The van der Waals surface area contributed by atoms with Crippen LogP contribution >= 0.6 is 0 Å². The molecule has 1 heterocycles. The minimum atomic E-state index is 0.844. The molecule has 1 aromatic heterocycles. The first kappa shape index (κ1) is 8.24. The van der Waals surface area contributed by atoms with Crippen molar-refractivity contribution in [3.63, 3.8) is 0 Å². The highest BCUT2D eigenvalue weighted by molar-refractivity contribution is 5.80. The van der Waals surface area contributed by atoms with Crippen LogP contribution in [0.15, 0.2) is 30.5 Å². The highest BCUT2D eigenvalue weighted by Crippen LogP contribution is 2.17. The minimum absolute atomic E-state index is 0.844. The van der Waals surface area contributed by atoms with Gasteiger partial charge in [0.1, 0.15) is 0 Å². The highest BCUT2D eigenvalue weighted by Gasteiger charge is 1.99. The summed E-state index contributed by atoms with van der Waals surface area (Å²) in [5.41, 5.74) is 3.65. The topological polar surface area (TPSA) is 12.9 Å². The number of nitrogens with zero attached hydrogens (tertiary/aromatic N) is 1. The molecule has 0 aliphatic heterocycles. The van der Waals surface area contributed by atoms with Crippen molar-refractivity contribution < 1.29 is 0 Å². The molecule has 0 saturated carbocycles. The molecule has 0 unspecified atom stereocenters. The molecule has 0 fully saturated rings. The molecule has 0 saturated heterocycles. The summed E-state index contributed by atoms with van der Waals surface area (Å²) >= 11 is 0. The molecule has 1 aromatic carbocycles. The number of hydrogen-bond acceptors (Lipinski definition) is 1. The lowest BCUT2D eigenvalue weighted by Crippen LogP contribution is -1.88. The highest BCUT2D eigenvalue weighted by atomic mass is 14.6. The lowest BCUT2D eigenvalue weighted by molar-refractivity contribution is 1.22. The predicted octanol–water partition coefficient (Wildman–Crippen LogP) is 2.92. The van der Waals surface area contributed by atoms with Gasteiger partial charge >= 0.3 is 0 Å². The van der Waals surface area contributed by atoms with E-state index in [0.29, 0.717) is 0 Å². The molecule has 0 atom stereocenters. The molecule has 65 valence electrons. The molecule has 0 aliphatic carbocycles. The molecule has 0 amide bonds. The molecule has 1 nitrogen and oxygen atoms in total. The number of benzene rings is 1. The Morgan fingerprint density at radius 1 is 1.38 bits per heavy atom. The third-order valence-corrected chi connectivity index (χ3v) is 2.33. The summed E-state index contributed by atoms with van der Waals surface area (Å²) in [6, 6.07) is 8.34. The van der Waals surface area contributed by atoms with Crippen molar-refractivity contribution >= 4 is 10.9 Å². The van der Waals surface area contributed by atoms with E-state index in [4.69, 9.17) is 0 Å². The van der Waals surface area contributed by atoms with Crippen molar-refractivity contribution in [3.8, 4) is 0 Å². The van der Waals surface area contributed by atoms with E-state index in [1.165, 1.54) is 16.5 Å². The maximum Gasteiger partial charge on any atom is 0.0704 e. The Labute approximate surface area is 78.4 Å². The largest absolute Gasteiger partial charge is 0.256 e. The van der Waals surface area contributed by atoms with Crippen LogP contribution in [0.1, 0.15) is 11.1 Å². The predicted molar refractivity (Wildman–Crippen MR) is 55.5 cm³/mol. The third-order valence-electron chi connectivity index (χ3n) is 2.33. The molecular weight excluding hydrogens is 158 g/mol. The van der Waals surface area contributed by atoms with Crippen LogP contribution < -0.4 is 0 Å². The van der Waals surface area contributed by atoms with Crippen LogP contribution in [-0.4, -0.2) is 4.98 Å². The van der Waals surface area contributed by atoms with Gasteiger partial charge in [0.15, 0.2) is 0 Å². The zero-order valence-corrected chi connectivity index (χ0v) is 7.75. The number of fused-ring (bicyclic) bond motifs is 1. The number of aryl methyl sites for hydroxylation is 1. The first-order chi connectivity index (χ1) is 6.31. The first-order valence-electron chi connectivity index (χ1n) is 4.45. The Morgan fingerprint density at radius 2 is 2.23 bits per heavy atom. The van der Waals surface area contributed by atoms with E-state index >= 15 is 0 Å². The second-order valence-corrected chi connectivity index (χ2v) is 3.22. The van der Waals surface area contributed by atoms with Crippen molar-refractivity contribution in [2.24, 2.45) is 0 Å². The molecule has 2 aromatic rings. The Morgan fingerprint density at radius 3 is 3.00 bits per heavy atom. The van der Waals surface area contributed by atoms with E-state index < -0.39 is 0 Å². The smallest absolute Gasteiger partial charge is 0.0704 e. The van der Waals surface area contributed by atoms with Gasteiger partial charge in [-0.3, -0.25) is 4.98 Å². The monoisotopic (exact) mass is 170 g/mol. The summed E-state index contributed by atoms with van der Waals surface area (Å²) in [4.78, 5) is 4.30. The SMILES string of the molecule is [CH2]Cc1cc2cccnc2cc1C. The van der Waals surface area contributed by atoms with Gasteiger partial charge in [-0.25, -0.2) is 0 Å². The fourth-order valence-electron chi connectivity index (χ4n) is 1.54. The lowest BCUT2D eigenvalue weighted by atomic mass is 10.0. The molecule has 0 N–H and O–H groups in total. The summed E-state index contributed by atoms with van der Waals surface area (Å²) in [6.45, 7) is 6.01. The second kappa shape index (κ2) is 3.17. The Balaban J connectivity index is 2.74. The standard InChI is InChI=1S/C12H12N/c1-3-10-8-11-5-4-6-13-12(11)7-9(10)2/h4-8H,1,3H2,2H3. The summed E-state index contributed by atoms with van der Waals surface area (Å²) in [5.74, 6) is 0. The van der Waals surface area contributed by atoms with Gasteiger partial charge in [0, 0.05) is 11.6 Å². The molecule has 0 aliphatic rings. The van der Waals surface area contributed by atoms with Gasteiger partial charge in [-0.2, -0.15) is 0 Å². The second-order valence-electron chi connectivity index (χ2n) is 3.22. The molecule has 13 heavy (non-hydrogen) atoms. The summed E-state index contributed by atoms with van der Waals surface area (Å²) in [6.07, 6.45) is 2.67. The quantitative estimate of drug-likeness (QED) is 0.641. The molecule has 0 bridgehead atoms. The van der Waals surface area contributed by atoms with Gasteiger partial charge in [-0.05, 0) is 49.6 Å². The van der Waals surface area contributed by atoms with E-state index in [1.807, 2.05) is 12.3 Å². The van der Waals surface area contributed by atoms with Crippen molar-refractivity contribution in [1.29, 1.82) is 0 Å². The van der Waals surface area contributed by atoms with Gasteiger partial charge in [-0.15, -0.1) is 0 Å². The number of pyridine rings is 1. The van der Waals surface area contributed by atoms with Crippen LogP contribution in [0.2, 0.25) is 0 Å². The van der Waals surface area contributed by atoms with Crippen molar-refractivity contribution in [3.05, 3.63) is 48.5 Å². The maximum absolute atomic E-state index is 4.30. The van der Waals surface area contributed by atoms with Crippen LogP contribution in [0.25, 0.3) is 10.9 Å². The van der Waals surface area contributed by atoms with Crippen molar-refractivity contribution in [2.45, 2.75) is 13.3 Å². The van der Waals surface area contributed by atoms with Crippen LogP contribution in [0.4, 0.5) is 0 Å². The average molecular weight is 170 g/mol. The summed E-state index contributed by atoms with van der Waals surface area (Å²) in [5, 5.41) is 1.20. The molecule has 2 rings (SSSR count). The Hall–Kier alpha value is -1.37. The summed E-state index contributed by atoms with van der Waals surface area (Å²) in [7, 11) is 0. The zero-order valence-electron chi connectivity index (χ0n) is 7.75. The Bertz CT molecular complexity index is 432. The number of hydrogen-bond donors (Lipinski definition) is 0. The van der Waals surface area contributed by atoms with E-state index in [-0.39, 0.29) is 0 Å². The fourth-order valence-corrected chi connectivity index (χ4v) is 1.54. The fraction of sp³-hybridized carbons (Fsp3) is 0.167. The van der Waals surface area contributed by atoms with Crippen LogP contribution in [0, 0.1) is 13.8 Å². The summed E-state index contributed by atoms with van der Waals surface area (Å²) < 4.78 is 0. The van der Waals surface area contributed by atoms with Gasteiger partial charge < -0.3 is 0 Å². The van der Waals surface area contributed by atoms with Crippen LogP contribution in [0.5, 0.6) is 0 Å². The van der Waals surface area contributed by atoms with Gasteiger partial charge in [0.25, 0.3) is 0 Å². The van der Waals surface area contributed by atoms with E-state index in [0.717, 1.165) is 11.9 Å². The van der Waals surface area contributed by atoms with E-state index in [1.54, 1.807) is 0 Å². The average Bonchev–Trinajstić information content (AvgIpc) is 2.17. The van der Waals surface area contributed by atoms with Gasteiger partial charge in [0.2, 0.25) is 0 Å². The molecule has 1 heteroatoms. The van der Waals surface area contributed by atoms with Crippen LogP contribution in [0.3, 0.4) is 0 Å². The first-order valence-corrected chi connectivity index (χ1v) is 4.45. The van der Waals surface area contributed by atoms with Gasteiger partial charge in [0.05, 0.1) is 5.52 Å². The van der Waals surface area contributed by atoms with E-state index in [9.17, 15) is 0 Å². The van der Waals surface area contributed by atoms with Crippen molar-refractivity contribution in [1.82, 2.24) is 4.98 Å².